The second kappa shape index (κ2) is 14.1. The van der Waals surface area contributed by atoms with Crippen molar-refractivity contribution in [1.82, 2.24) is 0 Å². The van der Waals surface area contributed by atoms with E-state index >= 15 is 0 Å². The molecule has 0 radical (unpaired) electrons. The second-order valence-corrected chi connectivity index (χ2v) is 9.55. The summed E-state index contributed by atoms with van der Waals surface area (Å²) in [6.07, 6.45) is 4.92. The summed E-state index contributed by atoms with van der Waals surface area (Å²) in [4.78, 5) is 1.21. The first-order chi connectivity index (χ1) is 14.8. The maximum atomic E-state index is 5.59. The first-order valence-corrected chi connectivity index (χ1v) is 12.0. The molecule has 0 aliphatic rings. The van der Waals surface area contributed by atoms with Gasteiger partial charge in [-0.05, 0) is 48.1 Å². The van der Waals surface area contributed by atoms with Crippen LogP contribution in [0.25, 0.3) is 0 Å². The lowest BCUT2D eigenvalue weighted by Gasteiger charge is -2.16. The molecule has 0 unspecified atom stereocenters. The molecular formula is C27H40O3S. The van der Waals surface area contributed by atoms with Crippen LogP contribution >= 0.6 is 11.8 Å². The van der Waals surface area contributed by atoms with Gasteiger partial charge < -0.3 is 14.2 Å². The van der Waals surface area contributed by atoms with Crippen molar-refractivity contribution >= 4 is 11.8 Å². The maximum Gasteiger partial charge on any atom is 0.164 e. The third kappa shape index (κ3) is 9.73. The zero-order valence-corrected chi connectivity index (χ0v) is 21.2. The van der Waals surface area contributed by atoms with Crippen LogP contribution in [0.5, 0.6) is 17.2 Å². The first-order valence-electron chi connectivity index (χ1n) is 11.0. The average molecular weight is 445 g/mol. The van der Waals surface area contributed by atoms with Crippen LogP contribution in [-0.4, -0.2) is 26.6 Å². The van der Waals surface area contributed by atoms with Gasteiger partial charge in [0.25, 0.3) is 0 Å². The van der Waals surface area contributed by atoms with E-state index < -0.39 is 0 Å². The molecule has 0 saturated carbocycles. The highest BCUT2D eigenvalue weighted by molar-refractivity contribution is 7.99. The van der Waals surface area contributed by atoms with E-state index in [-0.39, 0.29) is 0 Å². The van der Waals surface area contributed by atoms with E-state index in [0.717, 1.165) is 35.8 Å². The van der Waals surface area contributed by atoms with E-state index in [1.807, 2.05) is 30.0 Å². The van der Waals surface area contributed by atoms with Crippen LogP contribution in [0.15, 0.2) is 53.9 Å². The molecule has 2 aromatic rings. The summed E-state index contributed by atoms with van der Waals surface area (Å²) in [7, 11) is 3.37. The SMILES string of the molecule is C=CCOc1cccc(SCCc2ccc(OC)c(OC)c2CC)c1.CCC(C)(C)C. The minimum absolute atomic E-state index is 0.527. The number of hydrogen-bond acceptors (Lipinski definition) is 4. The van der Waals surface area contributed by atoms with Crippen LogP contribution in [0, 0.1) is 5.41 Å². The molecule has 0 amide bonds. The van der Waals surface area contributed by atoms with E-state index in [0.29, 0.717) is 12.0 Å². The molecule has 0 fully saturated rings. The van der Waals surface area contributed by atoms with E-state index in [1.165, 1.54) is 22.4 Å². The third-order valence-corrected chi connectivity index (χ3v) is 5.97. The summed E-state index contributed by atoms with van der Waals surface area (Å²) in [6, 6.07) is 12.3. The van der Waals surface area contributed by atoms with Crippen molar-refractivity contribution < 1.29 is 14.2 Å². The quantitative estimate of drug-likeness (QED) is 0.278. The van der Waals surface area contributed by atoms with E-state index in [1.54, 1.807) is 20.3 Å². The first kappa shape index (κ1) is 27.0. The molecule has 2 aromatic carbocycles. The molecule has 0 saturated heterocycles. The van der Waals surface area contributed by atoms with Gasteiger partial charge in [0.1, 0.15) is 12.4 Å². The van der Waals surface area contributed by atoms with Crippen molar-refractivity contribution in [2.24, 2.45) is 5.41 Å². The molecular weight excluding hydrogens is 404 g/mol. The number of rotatable bonds is 10. The highest BCUT2D eigenvalue weighted by atomic mass is 32.2. The zero-order chi connectivity index (χ0) is 23.3. The van der Waals surface area contributed by atoms with Crippen LogP contribution in [0.4, 0.5) is 0 Å². The van der Waals surface area contributed by atoms with Gasteiger partial charge in [0.15, 0.2) is 11.5 Å². The van der Waals surface area contributed by atoms with Gasteiger partial charge in [-0.25, -0.2) is 0 Å². The Hall–Kier alpha value is -2.07. The fourth-order valence-corrected chi connectivity index (χ4v) is 3.67. The van der Waals surface area contributed by atoms with Crippen LogP contribution in [0.3, 0.4) is 0 Å². The van der Waals surface area contributed by atoms with Gasteiger partial charge in [0, 0.05) is 16.2 Å². The largest absolute Gasteiger partial charge is 0.493 e. The lowest BCUT2D eigenvalue weighted by molar-refractivity contribution is 0.351. The van der Waals surface area contributed by atoms with Gasteiger partial charge in [0.05, 0.1) is 14.2 Å². The summed E-state index contributed by atoms with van der Waals surface area (Å²) in [5, 5.41) is 0. The maximum absolute atomic E-state index is 5.59. The normalized spacial score (nSPS) is 10.7. The standard InChI is InChI=1S/C21H26O3S.C6H14/c1-5-13-24-17-8-7-9-18(15-17)25-14-12-16-10-11-20(22-3)21(23-4)19(16)6-2;1-5-6(2,3)4/h5,7-11,15H,1,6,12-14H2,2-4H3;5H2,1-4H3. The highest BCUT2D eigenvalue weighted by Crippen LogP contribution is 2.34. The summed E-state index contributed by atoms with van der Waals surface area (Å²) < 4.78 is 16.6. The van der Waals surface area contributed by atoms with Gasteiger partial charge >= 0.3 is 0 Å². The van der Waals surface area contributed by atoms with Crippen LogP contribution in [-0.2, 0) is 12.8 Å². The average Bonchev–Trinajstić information content (AvgIpc) is 2.77. The van der Waals surface area contributed by atoms with Gasteiger partial charge in [0.2, 0.25) is 0 Å². The van der Waals surface area contributed by atoms with Crippen molar-refractivity contribution in [2.45, 2.75) is 58.8 Å². The van der Waals surface area contributed by atoms with Gasteiger partial charge in [-0.15, -0.1) is 11.8 Å². The number of ether oxygens (including phenoxy) is 3. The minimum Gasteiger partial charge on any atom is -0.493 e. The van der Waals surface area contributed by atoms with Crippen molar-refractivity contribution in [3.05, 3.63) is 60.2 Å². The summed E-state index contributed by atoms with van der Waals surface area (Å²) >= 11 is 1.83. The van der Waals surface area contributed by atoms with E-state index in [2.05, 4.69) is 59.4 Å². The van der Waals surface area contributed by atoms with Crippen molar-refractivity contribution in [2.75, 3.05) is 26.6 Å². The zero-order valence-electron chi connectivity index (χ0n) is 20.4. The highest BCUT2D eigenvalue weighted by Gasteiger charge is 2.13. The molecule has 0 aliphatic heterocycles. The molecule has 0 spiro atoms. The number of thioether (sulfide) groups is 1. The molecule has 0 heterocycles. The van der Waals surface area contributed by atoms with E-state index in [9.17, 15) is 0 Å². The summed E-state index contributed by atoms with van der Waals surface area (Å²) in [6.45, 7) is 15.3. The van der Waals surface area contributed by atoms with Crippen molar-refractivity contribution in [1.29, 1.82) is 0 Å². The Morgan fingerprint density at radius 1 is 1.03 bits per heavy atom. The molecule has 0 atom stereocenters. The molecule has 0 bridgehead atoms. The van der Waals surface area contributed by atoms with Gasteiger partial charge in [-0.1, -0.05) is 65.8 Å². The Bertz CT molecular complexity index is 794. The lowest BCUT2D eigenvalue weighted by Crippen LogP contribution is -2.01. The Labute approximate surface area is 194 Å². The molecule has 2 rings (SSSR count). The molecule has 0 aliphatic carbocycles. The number of benzene rings is 2. The molecule has 3 nitrogen and oxygen atoms in total. The number of hydrogen-bond donors (Lipinski definition) is 0. The number of methoxy groups -OCH3 is 2. The Kier molecular flexibility index (Phi) is 12.2. The lowest BCUT2D eigenvalue weighted by atomic mass is 9.94. The molecule has 0 aromatic heterocycles. The van der Waals surface area contributed by atoms with Crippen molar-refractivity contribution in [3.63, 3.8) is 0 Å². The van der Waals surface area contributed by atoms with Crippen molar-refractivity contribution in [3.8, 4) is 17.2 Å². The number of aryl methyl sites for hydroxylation is 1. The predicted octanol–water partition coefficient (Wildman–Crippen LogP) is 7.61. The molecule has 31 heavy (non-hydrogen) atoms. The minimum atomic E-state index is 0.527. The summed E-state index contributed by atoms with van der Waals surface area (Å²) in [5.41, 5.74) is 3.08. The van der Waals surface area contributed by atoms with Gasteiger partial charge in [-0.3, -0.25) is 0 Å². The Morgan fingerprint density at radius 2 is 1.74 bits per heavy atom. The van der Waals surface area contributed by atoms with E-state index in [4.69, 9.17) is 14.2 Å². The van der Waals surface area contributed by atoms with Crippen LogP contribution < -0.4 is 14.2 Å². The third-order valence-electron chi connectivity index (χ3n) is 4.97. The predicted molar refractivity (Wildman–Crippen MR) is 135 cm³/mol. The second-order valence-electron chi connectivity index (χ2n) is 8.38. The van der Waals surface area contributed by atoms with Crippen LogP contribution in [0.1, 0.15) is 52.2 Å². The summed E-state index contributed by atoms with van der Waals surface area (Å²) in [5.74, 6) is 3.52. The molecule has 172 valence electrons. The Balaban J connectivity index is 0.000000703. The fourth-order valence-electron chi connectivity index (χ4n) is 2.74. The smallest absolute Gasteiger partial charge is 0.164 e. The molecule has 0 N–H and O–H groups in total. The molecule has 4 heteroatoms. The van der Waals surface area contributed by atoms with Gasteiger partial charge in [-0.2, -0.15) is 0 Å². The monoisotopic (exact) mass is 444 g/mol. The fraction of sp³-hybridized carbons (Fsp3) is 0.481. The Morgan fingerprint density at radius 3 is 2.29 bits per heavy atom. The van der Waals surface area contributed by atoms with Crippen LogP contribution in [0.2, 0.25) is 0 Å². The topological polar surface area (TPSA) is 27.7 Å².